The fourth-order valence-electron chi connectivity index (χ4n) is 2.74. The number of hydrogen-bond acceptors (Lipinski definition) is 6. The van der Waals surface area contributed by atoms with E-state index < -0.39 is 24.0 Å². The Labute approximate surface area is 165 Å². The Morgan fingerprint density at radius 2 is 1.69 bits per heavy atom. The fourth-order valence-corrected chi connectivity index (χ4v) is 2.74. The first kappa shape index (κ1) is 19.7. The second-order valence-electron chi connectivity index (χ2n) is 6.24. The van der Waals surface area contributed by atoms with Gasteiger partial charge in [-0.05, 0) is 18.6 Å². The first-order valence-corrected chi connectivity index (χ1v) is 8.72. The molecule has 29 heavy (non-hydrogen) atoms. The smallest absolute Gasteiger partial charge is 0.360 e. The van der Waals surface area contributed by atoms with Crippen LogP contribution in [0.25, 0.3) is 10.8 Å². The van der Waals surface area contributed by atoms with Crippen LogP contribution in [0.3, 0.4) is 0 Å². The van der Waals surface area contributed by atoms with Gasteiger partial charge in [0.25, 0.3) is 11.5 Å². The highest BCUT2D eigenvalue weighted by Gasteiger charge is 2.24. The van der Waals surface area contributed by atoms with Crippen LogP contribution < -0.4 is 16.6 Å². The lowest BCUT2D eigenvalue weighted by atomic mass is 10.1. The van der Waals surface area contributed by atoms with E-state index in [1.807, 2.05) is 35.6 Å². The van der Waals surface area contributed by atoms with Crippen LogP contribution in [-0.2, 0) is 16.1 Å². The molecule has 0 saturated carbocycles. The van der Waals surface area contributed by atoms with E-state index in [4.69, 9.17) is 10.5 Å². The van der Waals surface area contributed by atoms with Crippen LogP contribution in [-0.4, -0.2) is 33.8 Å². The summed E-state index contributed by atoms with van der Waals surface area (Å²) in [6, 6.07) is 14.6. The van der Waals surface area contributed by atoms with Crippen LogP contribution in [0.2, 0.25) is 0 Å². The summed E-state index contributed by atoms with van der Waals surface area (Å²) >= 11 is 0. The normalized spacial score (nSPS) is 11.6. The van der Waals surface area contributed by atoms with E-state index in [-0.39, 0.29) is 17.8 Å². The summed E-state index contributed by atoms with van der Waals surface area (Å²) in [5.41, 5.74) is 5.24. The van der Waals surface area contributed by atoms with Crippen molar-refractivity contribution in [3.05, 3.63) is 76.2 Å². The third-order valence-corrected chi connectivity index (χ3v) is 4.14. The summed E-state index contributed by atoms with van der Waals surface area (Å²) in [7, 11) is 0. The average Bonchev–Trinajstić information content (AvgIpc) is 2.70. The van der Waals surface area contributed by atoms with Crippen molar-refractivity contribution < 1.29 is 19.1 Å². The largest absolute Gasteiger partial charge is 0.448 e. The number of benzene rings is 2. The number of carbonyl (C=O) groups is 3. The van der Waals surface area contributed by atoms with Gasteiger partial charge in [-0.1, -0.05) is 48.5 Å². The van der Waals surface area contributed by atoms with Crippen molar-refractivity contribution in [2.24, 2.45) is 5.73 Å². The molecule has 0 spiro atoms. The number of amides is 3. The Kier molecular flexibility index (Phi) is 5.68. The van der Waals surface area contributed by atoms with Gasteiger partial charge in [0.1, 0.15) is 0 Å². The number of esters is 1. The fraction of sp³-hybridized carbons (Fsp3) is 0.150. The predicted molar refractivity (Wildman–Crippen MR) is 104 cm³/mol. The van der Waals surface area contributed by atoms with Gasteiger partial charge in [-0.3, -0.25) is 14.9 Å². The Balaban J connectivity index is 1.99. The SMILES string of the molecule is C[C@@H](OC(=O)c1nn(Cc2ccccc2)c(=O)c2ccccc12)C(=O)NC(N)=O. The lowest BCUT2D eigenvalue weighted by Gasteiger charge is -2.14. The quantitative estimate of drug-likeness (QED) is 0.624. The highest BCUT2D eigenvalue weighted by Crippen LogP contribution is 2.15. The number of nitrogens with zero attached hydrogens (tertiary/aromatic N) is 2. The zero-order chi connectivity index (χ0) is 21.0. The Morgan fingerprint density at radius 1 is 1.07 bits per heavy atom. The van der Waals surface area contributed by atoms with Crippen molar-refractivity contribution in [1.82, 2.24) is 15.1 Å². The molecule has 0 fully saturated rings. The number of carbonyl (C=O) groups excluding carboxylic acids is 3. The van der Waals surface area contributed by atoms with E-state index in [1.165, 1.54) is 11.6 Å². The Bertz CT molecular complexity index is 1140. The van der Waals surface area contributed by atoms with Gasteiger partial charge in [-0.2, -0.15) is 5.10 Å². The summed E-state index contributed by atoms with van der Waals surface area (Å²) in [4.78, 5) is 48.1. The number of ether oxygens (including phenoxy) is 1. The van der Waals surface area contributed by atoms with Crippen LogP contribution in [0.15, 0.2) is 59.4 Å². The third-order valence-electron chi connectivity index (χ3n) is 4.14. The predicted octanol–water partition coefficient (Wildman–Crippen LogP) is 1.18. The number of nitrogens with two attached hydrogens (primary N) is 1. The maximum atomic E-state index is 12.8. The van der Waals surface area contributed by atoms with Crippen molar-refractivity contribution in [2.75, 3.05) is 0 Å². The van der Waals surface area contributed by atoms with Crippen LogP contribution >= 0.6 is 0 Å². The number of imide groups is 1. The lowest BCUT2D eigenvalue weighted by Crippen LogP contribution is -2.42. The first-order valence-electron chi connectivity index (χ1n) is 8.72. The molecule has 0 saturated heterocycles. The molecule has 1 aromatic heterocycles. The molecule has 0 aliphatic heterocycles. The van der Waals surface area contributed by atoms with Crippen molar-refractivity contribution in [3.63, 3.8) is 0 Å². The topological polar surface area (TPSA) is 133 Å². The highest BCUT2D eigenvalue weighted by molar-refractivity contribution is 6.03. The second kappa shape index (κ2) is 8.34. The Hall–Kier alpha value is -4.01. The summed E-state index contributed by atoms with van der Waals surface area (Å²) in [5, 5.41) is 6.60. The molecule has 3 amide bonds. The molecule has 0 radical (unpaired) electrons. The van der Waals surface area contributed by atoms with Gasteiger partial charge in [-0.25, -0.2) is 14.3 Å². The summed E-state index contributed by atoms with van der Waals surface area (Å²) in [5.74, 6) is -1.78. The number of fused-ring (bicyclic) bond motifs is 1. The molecule has 9 nitrogen and oxygen atoms in total. The van der Waals surface area contributed by atoms with Gasteiger partial charge < -0.3 is 10.5 Å². The average molecular weight is 394 g/mol. The molecule has 148 valence electrons. The molecule has 0 aliphatic rings. The number of urea groups is 1. The molecule has 1 heterocycles. The van der Waals surface area contributed by atoms with Gasteiger partial charge >= 0.3 is 12.0 Å². The van der Waals surface area contributed by atoms with Gasteiger partial charge in [0, 0.05) is 5.39 Å². The molecule has 2 aromatic carbocycles. The molecule has 1 atom stereocenters. The minimum Gasteiger partial charge on any atom is -0.448 e. The number of hydrogen-bond donors (Lipinski definition) is 2. The Morgan fingerprint density at radius 3 is 2.34 bits per heavy atom. The monoisotopic (exact) mass is 394 g/mol. The minimum absolute atomic E-state index is 0.116. The highest BCUT2D eigenvalue weighted by atomic mass is 16.5. The van der Waals surface area contributed by atoms with Gasteiger partial charge in [0.05, 0.1) is 11.9 Å². The maximum absolute atomic E-state index is 12.8. The van der Waals surface area contributed by atoms with Gasteiger partial charge in [0.2, 0.25) is 0 Å². The van der Waals surface area contributed by atoms with Crippen molar-refractivity contribution in [1.29, 1.82) is 0 Å². The zero-order valence-electron chi connectivity index (χ0n) is 15.5. The van der Waals surface area contributed by atoms with Gasteiger partial charge in [0.15, 0.2) is 11.8 Å². The van der Waals surface area contributed by atoms with E-state index in [0.29, 0.717) is 10.8 Å². The van der Waals surface area contributed by atoms with Crippen molar-refractivity contribution >= 4 is 28.7 Å². The molecule has 3 rings (SSSR count). The molecule has 3 aromatic rings. The number of nitrogens with one attached hydrogen (secondary N) is 1. The summed E-state index contributed by atoms with van der Waals surface area (Å²) < 4.78 is 6.28. The van der Waals surface area contributed by atoms with Gasteiger partial charge in [-0.15, -0.1) is 0 Å². The first-order chi connectivity index (χ1) is 13.9. The lowest BCUT2D eigenvalue weighted by molar-refractivity contribution is -0.127. The zero-order valence-corrected chi connectivity index (χ0v) is 15.5. The molecule has 0 aliphatic carbocycles. The van der Waals surface area contributed by atoms with E-state index in [1.54, 1.807) is 24.3 Å². The molecule has 0 bridgehead atoms. The molecular weight excluding hydrogens is 376 g/mol. The standard InChI is InChI=1S/C20H18N4O5/c1-12(17(25)22-20(21)28)29-19(27)16-14-9-5-6-10-15(14)18(26)24(23-16)11-13-7-3-2-4-8-13/h2-10,12H,11H2,1H3,(H3,21,22,25,28)/t12-/m1/s1. The number of rotatable bonds is 5. The summed E-state index contributed by atoms with van der Waals surface area (Å²) in [6.45, 7) is 1.45. The van der Waals surface area contributed by atoms with E-state index in [2.05, 4.69) is 5.10 Å². The third kappa shape index (κ3) is 4.46. The molecule has 9 heteroatoms. The maximum Gasteiger partial charge on any atom is 0.360 e. The minimum atomic E-state index is -1.29. The van der Waals surface area contributed by atoms with E-state index >= 15 is 0 Å². The number of aromatic nitrogens is 2. The van der Waals surface area contributed by atoms with E-state index in [9.17, 15) is 19.2 Å². The van der Waals surface area contributed by atoms with Crippen LogP contribution in [0.1, 0.15) is 23.0 Å². The van der Waals surface area contributed by atoms with Crippen LogP contribution in [0.4, 0.5) is 4.79 Å². The van der Waals surface area contributed by atoms with Crippen LogP contribution in [0, 0.1) is 0 Å². The van der Waals surface area contributed by atoms with Crippen molar-refractivity contribution in [3.8, 4) is 0 Å². The molecular formula is C20H18N4O5. The molecule has 0 unspecified atom stereocenters. The molecule has 3 N–H and O–H groups in total. The summed E-state index contributed by atoms with van der Waals surface area (Å²) in [6.07, 6.45) is -1.29. The second-order valence-corrected chi connectivity index (χ2v) is 6.24. The van der Waals surface area contributed by atoms with E-state index in [0.717, 1.165) is 5.56 Å². The number of primary amides is 1. The van der Waals surface area contributed by atoms with Crippen LogP contribution in [0.5, 0.6) is 0 Å². The van der Waals surface area contributed by atoms with Crippen molar-refractivity contribution in [2.45, 2.75) is 19.6 Å².